The number of unbranched alkanes of at least 4 members (excludes halogenated alkanes) is 1. The van der Waals surface area contributed by atoms with Gasteiger partial charge in [-0.15, -0.1) is 0 Å². The Hall–Kier alpha value is -1.46. The molecular weight excluding hydrogens is 208 g/mol. The molecule has 0 aromatic carbocycles. The molecule has 94 valence electrons. The van der Waals surface area contributed by atoms with Crippen molar-refractivity contribution in [1.82, 2.24) is 10.2 Å². The number of amidine groups is 1. The second-order valence-electron chi connectivity index (χ2n) is 3.51. The molecule has 0 saturated carbocycles. The minimum atomic E-state index is -0.0957. The van der Waals surface area contributed by atoms with E-state index in [9.17, 15) is 4.79 Å². The van der Waals surface area contributed by atoms with E-state index in [-0.39, 0.29) is 11.9 Å². The summed E-state index contributed by atoms with van der Waals surface area (Å²) in [5.74, 6) is 0.139. The summed E-state index contributed by atoms with van der Waals surface area (Å²) in [5, 5.41) is 14.1. The maximum absolute atomic E-state index is 11.6. The Balaban J connectivity index is 3.92. The summed E-state index contributed by atoms with van der Waals surface area (Å²) in [7, 11) is 0. The van der Waals surface area contributed by atoms with Gasteiger partial charge >= 0.3 is 6.03 Å². The number of nitrogens with zero attached hydrogens (tertiary/aromatic N) is 2. The largest absolute Gasteiger partial charge is 0.409 e. The highest BCUT2D eigenvalue weighted by molar-refractivity contribution is 5.80. The molecular formula is C10H22N4O2. The van der Waals surface area contributed by atoms with Crippen molar-refractivity contribution in [3.05, 3.63) is 0 Å². The first-order valence-corrected chi connectivity index (χ1v) is 5.64. The lowest BCUT2D eigenvalue weighted by molar-refractivity contribution is 0.201. The summed E-state index contributed by atoms with van der Waals surface area (Å²) in [6.45, 7) is 5.73. The summed E-state index contributed by atoms with van der Waals surface area (Å²) in [5.41, 5.74) is 5.34. The Morgan fingerprint density at radius 3 is 2.69 bits per heavy atom. The van der Waals surface area contributed by atoms with Crippen LogP contribution in [0.3, 0.4) is 0 Å². The standard InChI is InChI=1S/C10H22N4O2/c1-3-5-7-12-10(15)14(4-2)8-6-9(11)13-16/h16H,3-8H2,1-2H3,(H2,11,13)(H,12,15). The van der Waals surface area contributed by atoms with Crippen molar-refractivity contribution in [2.24, 2.45) is 10.9 Å². The number of hydrogen-bond acceptors (Lipinski definition) is 3. The second-order valence-corrected chi connectivity index (χ2v) is 3.51. The maximum atomic E-state index is 11.6. The molecule has 0 unspecified atom stereocenters. The average Bonchev–Trinajstić information content (AvgIpc) is 2.29. The fourth-order valence-corrected chi connectivity index (χ4v) is 1.19. The van der Waals surface area contributed by atoms with E-state index in [4.69, 9.17) is 10.9 Å². The Bertz CT molecular complexity index is 231. The van der Waals surface area contributed by atoms with Gasteiger partial charge in [0.15, 0.2) is 0 Å². The first-order valence-electron chi connectivity index (χ1n) is 5.64. The lowest BCUT2D eigenvalue weighted by Crippen LogP contribution is -2.41. The normalized spacial score (nSPS) is 11.2. The number of hydrogen-bond donors (Lipinski definition) is 3. The van der Waals surface area contributed by atoms with Crippen molar-refractivity contribution in [2.75, 3.05) is 19.6 Å². The zero-order valence-electron chi connectivity index (χ0n) is 10.1. The molecule has 2 amide bonds. The zero-order valence-corrected chi connectivity index (χ0v) is 10.1. The monoisotopic (exact) mass is 230 g/mol. The van der Waals surface area contributed by atoms with Crippen LogP contribution in [0, 0.1) is 0 Å². The predicted octanol–water partition coefficient (Wildman–Crippen LogP) is 0.954. The van der Waals surface area contributed by atoms with Crippen LogP contribution in [0.25, 0.3) is 0 Å². The van der Waals surface area contributed by atoms with Gasteiger partial charge in [-0.25, -0.2) is 4.79 Å². The van der Waals surface area contributed by atoms with E-state index in [1.165, 1.54) is 0 Å². The van der Waals surface area contributed by atoms with Gasteiger partial charge in [0.25, 0.3) is 0 Å². The van der Waals surface area contributed by atoms with Crippen LogP contribution < -0.4 is 11.1 Å². The van der Waals surface area contributed by atoms with Gasteiger partial charge in [0, 0.05) is 26.1 Å². The molecule has 0 heterocycles. The topological polar surface area (TPSA) is 91.0 Å². The zero-order chi connectivity index (χ0) is 12.4. The van der Waals surface area contributed by atoms with Gasteiger partial charge in [-0.2, -0.15) is 0 Å². The molecule has 0 aromatic heterocycles. The highest BCUT2D eigenvalue weighted by Gasteiger charge is 2.10. The molecule has 6 heteroatoms. The van der Waals surface area contributed by atoms with E-state index in [0.717, 1.165) is 12.8 Å². The summed E-state index contributed by atoms with van der Waals surface area (Å²) in [6, 6.07) is -0.0957. The molecule has 0 spiro atoms. The fourth-order valence-electron chi connectivity index (χ4n) is 1.19. The summed E-state index contributed by atoms with van der Waals surface area (Å²) < 4.78 is 0. The lowest BCUT2D eigenvalue weighted by atomic mass is 10.3. The minimum absolute atomic E-state index is 0.0957. The number of rotatable bonds is 7. The molecule has 0 aliphatic heterocycles. The van der Waals surface area contributed by atoms with Gasteiger partial charge in [-0.3, -0.25) is 0 Å². The van der Waals surface area contributed by atoms with Crippen molar-refractivity contribution in [3.63, 3.8) is 0 Å². The van der Waals surface area contributed by atoms with Gasteiger partial charge in [0.05, 0.1) is 0 Å². The fraction of sp³-hybridized carbons (Fsp3) is 0.800. The number of oxime groups is 1. The van der Waals surface area contributed by atoms with Crippen molar-refractivity contribution in [3.8, 4) is 0 Å². The molecule has 6 nitrogen and oxygen atoms in total. The molecule has 0 aromatic rings. The van der Waals surface area contributed by atoms with Gasteiger partial charge in [-0.1, -0.05) is 18.5 Å². The van der Waals surface area contributed by atoms with Crippen LogP contribution in [-0.2, 0) is 0 Å². The van der Waals surface area contributed by atoms with E-state index in [1.807, 2.05) is 6.92 Å². The Kier molecular flexibility index (Phi) is 8.01. The third-order valence-corrected chi connectivity index (χ3v) is 2.24. The smallest absolute Gasteiger partial charge is 0.317 e. The van der Waals surface area contributed by atoms with Crippen LogP contribution in [0.5, 0.6) is 0 Å². The van der Waals surface area contributed by atoms with E-state index >= 15 is 0 Å². The third-order valence-electron chi connectivity index (χ3n) is 2.24. The van der Waals surface area contributed by atoms with Crippen LogP contribution in [-0.4, -0.2) is 41.6 Å². The highest BCUT2D eigenvalue weighted by atomic mass is 16.4. The number of nitrogens with one attached hydrogen (secondary N) is 1. The lowest BCUT2D eigenvalue weighted by Gasteiger charge is -2.20. The van der Waals surface area contributed by atoms with Gasteiger partial charge < -0.3 is 21.2 Å². The molecule has 4 N–H and O–H groups in total. The third kappa shape index (κ3) is 6.10. The SMILES string of the molecule is CCCCNC(=O)N(CC)CCC(N)=NO. The molecule has 0 radical (unpaired) electrons. The number of urea groups is 1. The van der Waals surface area contributed by atoms with Gasteiger partial charge in [0.2, 0.25) is 0 Å². The molecule has 0 aliphatic carbocycles. The van der Waals surface area contributed by atoms with E-state index < -0.39 is 0 Å². The quantitative estimate of drug-likeness (QED) is 0.200. The van der Waals surface area contributed by atoms with Crippen molar-refractivity contribution < 1.29 is 10.0 Å². The summed E-state index contributed by atoms with van der Waals surface area (Å²) in [6.07, 6.45) is 2.41. The van der Waals surface area contributed by atoms with Crippen molar-refractivity contribution in [1.29, 1.82) is 0 Å². The second kappa shape index (κ2) is 8.82. The van der Waals surface area contributed by atoms with Gasteiger partial charge in [0.1, 0.15) is 5.84 Å². The summed E-state index contributed by atoms with van der Waals surface area (Å²) >= 11 is 0. The molecule has 0 bridgehead atoms. The Labute approximate surface area is 96.5 Å². The minimum Gasteiger partial charge on any atom is -0.409 e. The predicted molar refractivity (Wildman–Crippen MR) is 63.6 cm³/mol. The Morgan fingerprint density at radius 1 is 1.50 bits per heavy atom. The van der Waals surface area contributed by atoms with Crippen LogP contribution >= 0.6 is 0 Å². The number of nitrogens with two attached hydrogens (primary N) is 1. The number of carbonyl (C=O) groups is 1. The first kappa shape index (κ1) is 14.5. The van der Waals surface area contributed by atoms with Crippen LogP contribution in [0.15, 0.2) is 5.16 Å². The molecule has 16 heavy (non-hydrogen) atoms. The molecule has 0 rings (SSSR count). The molecule has 0 fully saturated rings. The molecule has 0 saturated heterocycles. The van der Waals surface area contributed by atoms with E-state index in [2.05, 4.69) is 17.4 Å². The van der Waals surface area contributed by atoms with Gasteiger partial charge in [-0.05, 0) is 13.3 Å². The summed E-state index contributed by atoms with van der Waals surface area (Å²) in [4.78, 5) is 13.3. The highest BCUT2D eigenvalue weighted by Crippen LogP contribution is 1.93. The molecule has 0 aliphatic rings. The maximum Gasteiger partial charge on any atom is 0.317 e. The van der Waals surface area contributed by atoms with E-state index in [0.29, 0.717) is 26.1 Å². The number of amides is 2. The van der Waals surface area contributed by atoms with Crippen LogP contribution in [0.2, 0.25) is 0 Å². The average molecular weight is 230 g/mol. The van der Waals surface area contributed by atoms with E-state index in [1.54, 1.807) is 4.90 Å². The van der Waals surface area contributed by atoms with Crippen LogP contribution in [0.4, 0.5) is 4.79 Å². The Morgan fingerprint density at radius 2 is 2.19 bits per heavy atom. The van der Waals surface area contributed by atoms with Crippen LogP contribution in [0.1, 0.15) is 33.1 Å². The first-order chi connectivity index (χ1) is 7.65. The molecule has 0 atom stereocenters. The number of carbonyl (C=O) groups excluding carboxylic acids is 1. The van der Waals surface area contributed by atoms with Crippen molar-refractivity contribution >= 4 is 11.9 Å². The van der Waals surface area contributed by atoms with Crippen molar-refractivity contribution in [2.45, 2.75) is 33.1 Å².